The van der Waals surface area contributed by atoms with Gasteiger partial charge in [0.2, 0.25) is 0 Å². The van der Waals surface area contributed by atoms with Gasteiger partial charge in [-0.2, -0.15) is 0 Å². The summed E-state index contributed by atoms with van der Waals surface area (Å²) in [7, 11) is 2.02. The standard InChI is InChI=1S/C19H25N3OS/c1-6-22(5)12-20-15-9-14(3)16(10-13(15)2)23-18-21-17(11-24-18)19(4)7-8-19/h9-12H,6-8H2,1-5H3. The van der Waals surface area contributed by atoms with E-state index in [-0.39, 0.29) is 5.41 Å². The van der Waals surface area contributed by atoms with Gasteiger partial charge in [-0.05, 0) is 56.9 Å². The van der Waals surface area contributed by atoms with E-state index in [4.69, 9.17) is 4.74 Å². The maximum atomic E-state index is 6.04. The minimum atomic E-state index is 0.285. The number of aryl methyl sites for hydroxylation is 2. The van der Waals surface area contributed by atoms with Gasteiger partial charge in [0.15, 0.2) is 0 Å². The van der Waals surface area contributed by atoms with Crippen LogP contribution in [-0.2, 0) is 5.41 Å². The molecule has 24 heavy (non-hydrogen) atoms. The maximum Gasteiger partial charge on any atom is 0.278 e. The van der Waals surface area contributed by atoms with Gasteiger partial charge in [-0.25, -0.2) is 9.98 Å². The highest BCUT2D eigenvalue weighted by molar-refractivity contribution is 7.11. The number of hydrogen-bond acceptors (Lipinski definition) is 4. The first-order valence-electron chi connectivity index (χ1n) is 8.41. The Bertz CT molecular complexity index is 762. The van der Waals surface area contributed by atoms with Crippen LogP contribution in [0.4, 0.5) is 5.69 Å². The van der Waals surface area contributed by atoms with Crippen molar-refractivity contribution in [1.82, 2.24) is 9.88 Å². The molecule has 1 aliphatic rings. The smallest absolute Gasteiger partial charge is 0.278 e. The zero-order chi connectivity index (χ0) is 17.3. The zero-order valence-electron chi connectivity index (χ0n) is 15.1. The monoisotopic (exact) mass is 343 g/mol. The average molecular weight is 343 g/mol. The van der Waals surface area contributed by atoms with Crippen molar-refractivity contribution < 1.29 is 4.74 Å². The highest BCUT2D eigenvalue weighted by atomic mass is 32.1. The summed E-state index contributed by atoms with van der Waals surface area (Å²) in [4.78, 5) is 11.3. The quantitative estimate of drug-likeness (QED) is 0.533. The summed E-state index contributed by atoms with van der Waals surface area (Å²) in [5.74, 6) is 0.858. The molecule has 0 amide bonds. The predicted molar refractivity (Wildman–Crippen MR) is 101 cm³/mol. The van der Waals surface area contributed by atoms with Crippen LogP contribution in [0.1, 0.15) is 43.5 Å². The van der Waals surface area contributed by atoms with E-state index < -0.39 is 0 Å². The van der Waals surface area contributed by atoms with E-state index in [1.165, 1.54) is 18.5 Å². The molecule has 1 fully saturated rings. The average Bonchev–Trinajstić information content (AvgIpc) is 3.12. The van der Waals surface area contributed by atoms with Gasteiger partial charge >= 0.3 is 0 Å². The summed E-state index contributed by atoms with van der Waals surface area (Å²) in [5.41, 5.74) is 4.60. The molecule has 0 atom stereocenters. The minimum absolute atomic E-state index is 0.285. The lowest BCUT2D eigenvalue weighted by Gasteiger charge is -2.11. The van der Waals surface area contributed by atoms with Gasteiger partial charge in [-0.1, -0.05) is 18.3 Å². The molecule has 3 rings (SSSR count). The molecule has 5 heteroatoms. The molecule has 1 saturated carbocycles. The van der Waals surface area contributed by atoms with Crippen molar-refractivity contribution in [3.05, 3.63) is 34.3 Å². The van der Waals surface area contributed by atoms with Crippen molar-refractivity contribution in [3.63, 3.8) is 0 Å². The molecule has 1 aromatic heterocycles. The highest BCUT2D eigenvalue weighted by Crippen LogP contribution is 2.48. The summed E-state index contributed by atoms with van der Waals surface area (Å²) in [6, 6.07) is 4.12. The lowest BCUT2D eigenvalue weighted by atomic mass is 10.1. The number of nitrogens with zero attached hydrogens (tertiary/aromatic N) is 3. The number of aliphatic imine (C=N–C) groups is 1. The van der Waals surface area contributed by atoms with E-state index >= 15 is 0 Å². The van der Waals surface area contributed by atoms with Gasteiger partial charge in [-0.15, -0.1) is 0 Å². The molecular formula is C19H25N3OS. The third-order valence-corrected chi connectivity index (χ3v) is 5.40. The Morgan fingerprint density at radius 1 is 1.33 bits per heavy atom. The summed E-state index contributed by atoms with van der Waals surface area (Å²) in [6.07, 6.45) is 4.33. The van der Waals surface area contributed by atoms with Crippen LogP contribution < -0.4 is 4.74 Å². The van der Waals surface area contributed by atoms with Crippen molar-refractivity contribution >= 4 is 23.4 Å². The molecule has 0 spiro atoms. The molecule has 0 saturated heterocycles. The molecule has 1 aliphatic carbocycles. The van der Waals surface area contributed by atoms with Crippen molar-refractivity contribution in [2.24, 2.45) is 4.99 Å². The van der Waals surface area contributed by atoms with Gasteiger partial charge in [0, 0.05) is 24.4 Å². The van der Waals surface area contributed by atoms with E-state index in [9.17, 15) is 0 Å². The third-order valence-electron chi connectivity index (χ3n) is 4.69. The summed E-state index contributed by atoms with van der Waals surface area (Å²) >= 11 is 1.58. The summed E-state index contributed by atoms with van der Waals surface area (Å²) in [5, 5.41) is 2.85. The van der Waals surface area contributed by atoms with Crippen molar-refractivity contribution in [3.8, 4) is 10.9 Å². The topological polar surface area (TPSA) is 37.7 Å². The van der Waals surface area contributed by atoms with Crippen LogP contribution in [-0.4, -0.2) is 29.8 Å². The van der Waals surface area contributed by atoms with Crippen LogP contribution in [0.2, 0.25) is 0 Å². The maximum absolute atomic E-state index is 6.04. The first-order valence-corrected chi connectivity index (χ1v) is 9.29. The molecule has 0 aliphatic heterocycles. The largest absolute Gasteiger partial charge is 0.431 e. The Hall–Kier alpha value is -1.88. The van der Waals surface area contributed by atoms with Gasteiger partial charge in [-0.3, -0.25) is 0 Å². The van der Waals surface area contributed by atoms with E-state index in [2.05, 4.69) is 47.1 Å². The zero-order valence-corrected chi connectivity index (χ0v) is 15.9. The fourth-order valence-corrected chi connectivity index (χ4v) is 3.22. The van der Waals surface area contributed by atoms with Gasteiger partial charge in [0.05, 0.1) is 17.7 Å². The van der Waals surface area contributed by atoms with E-state index in [1.54, 1.807) is 11.3 Å². The van der Waals surface area contributed by atoms with Crippen molar-refractivity contribution in [1.29, 1.82) is 0 Å². The first-order chi connectivity index (χ1) is 11.4. The summed E-state index contributed by atoms with van der Waals surface area (Å²) < 4.78 is 6.04. The van der Waals surface area contributed by atoms with Gasteiger partial charge in [0.1, 0.15) is 5.75 Å². The number of rotatable bonds is 6. The van der Waals surface area contributed by atoms with Crippen molar-refractivity contribution in [2.45, 2.75) is 46.0 Å². The number of hydrogen-bond donors (Lipinski definition) is 0. The van der Waals surface area contributed by atoms with E-state index in [0.717, 1.165) is 34.3 Å². The van der Waals surface area contributed by atoms with Gasteiger partial charge in [0.25, 0.3) is 5.19 Å². The van der Waals surface area contributed by atoms with Crippen LogP contribution >= 0.6 is 11.3 Å². The van der Waals surface area contributed by atoms with Crippen LogP contribution in [0.5, 0.6) is 10.9 Å². The SMILES string of the molecule is CCN(C)C=Nc1cc(C)c(Oc2nc(C3(C)CC3)cs2)cc1C. The Morgan fingerprint density at radius 2 is 2.08 bits per heavy atom. The highest BCUT2D eigenvalue weighted by Gasteiger charge is 2.41. The molecule has 128 valence electrons. The number of thiazole rings is 1. The number of benzene rings is 1. The second kappa shape index (κ2) is 6.55. The van der Waals surface area contributed by atoms with Crippen LogP contribution in [0.15, 0.2) is 22.5 Å². The van der Waals surface area contributed by atoms with Crippen LogP contribution in [0, 0.1) is 13.8 Å². The molecule has 2 aromatic rings. The predicted octanol–water partition coefficient (Wildman–Crippen LogP) is 5.22. The normalized spacial score (nSPS) is 15.7. The van der Waals surface area contributed by atoms with Gasteiger partial charge < -0.3 is 9.64 Å². The van der Waals surface area contributed by atoms with Crippen LogP contribution in [0.25, 0.3) is 0 Å². The first kappa shape index (κ1) is 17.0. The fraction of sp³-hybridized carbons (Fsp3) is 0.474. The molecule has 0 unspecified atom stereocenters. The molecule has 0 N–H and O–H groups in total. The van der Waals surface area contributed by atoms with E-state index in [1.807, 2.05) is 26.4 Å². The fourth-order valence-electron chi connectivity index (χ4n) is 2.38. The lowest BCUT2D eigenvalue weighted by molar-refractivity contribution is 0.471. The molecule has 0 bridgehead atoms. The number of ether oxygens (including phenoxy) is 1. The molecule has 4 nitrogen and oxygen atoms in total. The minimum Gasteiger partial charge on any atom is -0.431 e. The second-order valence-electron chi connectivity index (χ2n) is 6.88. The van der Waals surface area contributed by atoms with Crippen molar-refractivity contribution in [2.75, 3.05) is 13.6 Å². The molecular weight excluding hydrogens is 318 g/mol. The Labute approximate surface area is 148 Å². The Morgan fingerprint density at radius 3 is 2.75 bits per heavy atom. The Kier molecular flexibility index (Phi) is 4.63. The Balaban J connectivity index is 1.78. The number of aromatic nitrogens is 1. The molecule has 0 radical (unpaired) electrons. The van der Waals surface area contributed by atoms with Crippen LogP contribution in [0.3, 0.4) is 0 Å². The van der Waals surface area contributed by atoms with E-state index in [0.29, 0.717) is 0 Å². The summed E-state index contributed by atoms with van der Waals surface area (Å²) in [6.45, 7) is 9.41. The molecule has 1 aromatic carbocycles. The molecule has 1 heterocycles. The lowest BCUT2D eigenvalue weighted by Crippen LogP contribution is -2.14. The second-order valence-corrected chi connectivity index (χ2v) is 7.70. The third kappa shape index (κ3) is 3.61.